The van der Waals surface area contributed by atoms with Crippen LogP contribution in [0.15, 0.2) is 18.2 Å². The lowest BCUT2D eigenvalue weighted by molar-refractivity contribution is -0.124. The summed E-state index contributed by atoms with van der Waals surface area (Å²) in [7, 11) is 0. The van der Waals surface area contributed by atoms with Gasteiger partial charge < -0.3 is 29.5 Å². The summed E-state index contributed by atoms with van der Waals surface area (Å²) in [6, 6.07) is 5.17. The molecule has 3 aliphatic rings. The van der Waals surface area contributed by atoms with Gasteiger partial charge in [-0.1, -0.05) is 6.07 Å². The van der Waals surface area contributed by atoms with Crippen molar-refractivity contribution in [2.75, 3.05) is 46.1 Å². The standard InChI is InChI=1S/C22H32N2O5/c25-21(13-16-5-9-27-10-6-16)23-18(15-24-7-1-2-8-24)22(26)17-3-4-19-20(14-17)29-12-11-28-19/h3-4,14,16,18,22,26H,1-2,5-13,15H2,(H,23,25)/t18-,22?/m1/s1. The fraction of sp³-hybridized carbons (Fsp3) is 0.682. The Morgan fingerprint density at radius 3 is 2.59 bits per heavy atom. The molecule has 3 heterocycles. The molecule has 0 bridgehead atoms. The fourth-order valence-electron chi connectivity index (χ4n) is 4.42. The number of nitrogens with one attached hydrogen (secondary N) is 1. The molecule has 0 aliphatic carbocycles. The molecule has 0 aromatic heterocycles. The highest BCUT2D eigenvalue weighted by molar-refractivity contribution is 5.76. The van der Waals surface area contributed by atoms with Gasteiger partial charge in [-0.25, -0.2) is 0 Å². The second-order valence-electron chi connectivity index (χ2n) is 8.29. The van der Waals surface area contributed by atoms with E-state index in [4.69, 9.17) is 14.2 Å². The van der Waals surface area contributed by atoms with E-state index in [1.807, 2.05) is 18.2 Å². The molecule has 7 heteroatoms. The van der Waals surface area contributed by atoms with Gasteiger partial charge in [-0.05, 0) is 62.4 Å². The van der Waals surface area contributed by atoms with Crippen molar-refractivity contribution >= 4 is 5.91 Å². The number of ether oxygens (including phenoxy) is 3. The van der Waals surface area contributed by atoms with Gasteiger partial charge in [0.05, 0.1) is 6.04 Å². The highest BCUT2D eigenvalue weighted by Gasteiger charge is 2.28. The number of rotatable bonds is 7. The Bertz CT molecular complexity index is 686. The minimum Gasteiger partial charge on any atom is -0.486 e. The summed E-state index contributed by atoms with van der Waals surface area (Å²) in [4.78, 5) is 15.1. The summed E-state index contributed by atoms with van der Waals surface area (Å²) in [5.74, 6) is 1.73. The molecule has 1 aromatic carbocycles. The number of benzene rings is 1. The Morgan fingerprint density at radius 2 is 1.83 bits per heavy atom. The van der Waals surface area contributed by atoms with Gasteiger partial charge in [0, 0.05) is 26.2 Å². The number of aliphatic hydroxyl groups is 1. The second-order valence-corrected chi connectivity index (χ2v) is 8.29. The van der Waals surface area contributed by atoms with Crippen LogP contribution >= 0.6 is 0 Å². The number of likely N-dealkylation sites (tertiary alicyclic amines) is 1. The maximum Gasteiger partial charge on any atom is 0.220 e. The Morgan fingerprint density at radius 1 is 1.10 bits per heavy atom. The number of hydrogen-bond acceptors (Lipinski definition) is 6. The summed E-state index contributed by atoms with van der Waals surface area (Å²) in [6.07, 6.45) is 3.88. The maximum absolute atomic E-state index is 12.7. The van der Waals surface area contributed by atoms with E-state index in [0.29, 0.717) is 43.6 Å². The summed E-state index contributed by atoms with van der Waals surface area (Å²) in [6.45, 7) is 5.18. The van der Waals surface area contributed by atoms with Crippen molar-refractivity contribution in [1.82, 2.24) is 10.2 Å². The van der Waals surface area contributed by atoms with Crippen molar-refractivity contribution in [3.63, 3.8) is 0 Å². The minimum absolute atomic E-state index is 0.0118. The van der Waals surface area contributed by atoms with Gasteiger partial charge in [-0.3, -0.25) is 4.79 Å². The van der Waals surface area contributed by atoms with E-state index in [-0.39, 0.29) is 11.9 Å². The molecule has 1 amide bonds. The normalized spacial score (nSPS) is 22.2. The van der Waals surface area contributed by atoms with Crippen LogP contribution in [-0.2, 0) is 9.53 Å². The zero-order valence-corrected chi connectivity index (χ0v) is 17.0. The van der Waals surface area contributed by atoms with Gasteiger partial charge >= 0.3 is 0 Å². The molecule has 0 saturated carbocycles. The molecule has 29 heavy (non-hydrogen) atoms. The molecule has 0 spiro atoms. The molecule has 2 fully saturated rings. The Kier molecular flexibility index (Phi) is 6.90. The highest BCUT2D eigenvalue weighted by Crippen LogP contribution is 2.33. The minimum atomic E-state index is -0.801. The summed E-state index contributed by atoms with van der Waals surface area (Å²) in [5, 5.41) is 14.3. The van der Waals surface area contributed by atoms with Crippen LogP contribution in [0.5, 0.6) is 11.5 Å². The number of amides is 1. The molecule has 1 unspecified atom stereocenters. The van der Waals surface area contributed by atoms with E-state index in [9.17, 15) is 9.90 Å². The lowest BCUT2D eigenvalue weighted by Gasteiger charge is -2.30. The summed E-state index contributed by atoms with van der Waals surface area (Å²) < 4.78 is 16.6. The highest BCUT2D eigenvalue weighted by atomic mass is 16.6. The third kappa shape index (κ3) is 5.41. The van der Waals surface area contributed by atoms with Gasteiger partial charge in [0.15, 0.2) is 11.5 Å². The van der Waals surface area contributed by atoms with Gasteiger partial charge in [0.2, 0.25) is 5.91 Å². The van der Waals surface area contributed by atoms with E-state index in [0.717, 1.165) is 44.7 Å². The first-order valence-electron chi connectivity index (χ1n) is 10.9. The number of carbonyl (C=O) groups excluding carboxylic acids is 1. The van der Waals surface area contributed by atoms with Crippen LogP contribution in [0.1, 0.15) is 43.8 Å². The van der Waals surface area contributed by atoms with E-state index < -0.39 is 6.10 Å². The van der Waals surface area contributed by atoms with Crippen LogP contribution < -0.4 is 14.8 Å². The Balaban J connectivity index is 1.44. The lowest BCUT2D eigenvalue weighted by atomic mass is 9.95. The average molecular weight is 405 g/mol. The van der Waals surface area contributed by atoms with Crippen LogP contribution in [0.2, 0.25) is 0 Å². The van der Waals surface area contributed by atoms with E-state index in [1.165, 1.54) is 12.8 Å². The Hall–Kier alpha value is -1.83. The quantitative estimate of drug-likeness (QED) is 0.723. The molecular formula is C22H32N2O5. The zero-order chi connectivity index (χ0) is 20.1. The summed E-state index contributed by atoms with van der Waals surface area (Å²) >= 11 is 0. The van der Waals surface area contributed by atoms with Gasteiger partial charge in [-0.15, -0.1) is 0 Å². The lowest BCUT2D eigenvalue weighted by Crippen LogP contribution is -2.47. The SMILES string of the molecule is O=C(CC1CCOCC1)N[C@H](CN1CCCC1)C(O)c1ccc2c(c1)OCCO2. The van der Waals surface area contributed by atoms with Crippen LogP contribution in [0, 0.1) is 5.92 Å². The monoisotopic (exact) mass is 404 g/mol. The van der Waals surface area contributed by atoms with Crippen LogP contribution in [-0.4, -0.2) is 68.0 Å². The summed E-state index contributed by atoms with van der Waals surface area (Å²) in [5.41, 5.74) is 0.741. The molecule has 2 saturated heterocycles. The first-order valence-corrected chi connectivity index (χ1v) is 10.9. The van der Waals surface area contributed by atoms with Crippen molar-refractivity contribution in [2.24, 2.45) is 5.92 Å². The average Bonchev–Trinajstić information content (AvgIpc) is 3.26. The van der Waals surface area contributed by atoms with Crippen molar-refractivity contribution in [3.05, 3.63) is 23.8 Å². The molecule has 160 valence electrons. The molecule has 4 rings (SSSR count). The smallest absolute Gasteiger partial charge is 0.220 e. The predicted molar refractivity (Wildman–Crippen MR) is 108 cm³/mol. The van der Waals surface area contributed by atoms with Crippen molar-refractivity contribution in [2.45, 2.75) is 44.2 Å². The Labute approximate surface area is 172 Å². The van der Waals surface area contributed by atoms with Crippen LogP contribution in [0.4, 0.5) is 0 Å². The molecular weight excluding hydrogens is 372 g/mol. The molecule has 1 aromatic rings. The third-order valence-corrected chi connectivity index (χ3v) is 6.10. The van der Waals surface area contributed by atoms with Crippen LogP contribution in [0.25, 0.3) is 0 Å². The molecule has 0 radical (unpaired) electrons. The number of aliphatic hydroxyl groups excluding tert-OH is 1. The first kappa shape index (κ1) is 20.4. The molecule has 3 aliphatic heterocycles. The molecule has 2 atom stereocenters. The topological polar surface area (TPSA) is 80.3 Å². The van der Waals surface area contributed by atoms with Crippen molar-refractivity contribution in [3.8, 4) is 11.5 Å². The van der Waals surface area contributed by atoms with Crippen LogP contribution in [0.3, 0.4) is 0 Å². The number of fused-ring (bicyclic) bond motifs is 1. The molecule has 7 nitrogen and oxygen atoms in total. The zero-order valence-electron chi connectivity index (χ0n) is 17.0. The largest absolute Gasteiger partial charge is 0.486 e. The fourth-order valence-corrected chi connectivity index (χ4v) is 4.42. The van der Waals surface area contributed by atoms with Gasteiger partial charge in [0.1, 0.15) is 19.3 Å². The van der Waals surface area contributed by atoms with E-state index >= 15 is 0 Å². The number of hydrogen-bond donors (Lipinski definition) is 2. The molecule has 2 N–H and O–H groups in total. The third-order valence-electron chi connectivity index (χ3n) is 6.10. The van der Waals surface area contributed by atoms with Gasteiger partial charge in [0.25, 0.3) is 0 Å². The van der Waals surface area contributed by atoms with E-state index in [2.05, 4.69) is 10.2 Å². The van der Waals surface area contributed by atoms with Crippen molar-refractivity contribution < 1.29 is 24.1 Å². The number of nitrogens with zero attached hydrogens (tertiary/aromatic N) is 1. The van der Waals surface area contributed by atoms with Crippen molar-refractivity contribution in [1.29, 1.82) is 0 Å². The number of carbonyl (C=O) groups is 1. The predicted octanol–water partition coefficient (Wildman–Crippen LogP) is 1.89. The maximum atomic E-state index is 12.7. The first-order chi connectivity index (χ1) is 14.2. The van der Waals surface area contributed by atoms with Gasteiger partial charge in [-0.2, -0.15) is 0 Å². The van der Waals surface area contributed by atoms with E-state index in [1.54, 1.807) is 0 Å². The second kappa shape index (κ2) is 9.78.